The second kappa shape index (κ2) is 6.42. The predicted octanol–water partition coefficient (Wildman–Crippen LogP) is 2.35. The molecule has 92 valence electrons. The molecule has 1 N–H and O–H groups in total. The van der Waals surface area contributed by atoms with Gasteiger partial charge in [-0.05, 0) is 18.2 Å². The van der Waals surface area contributed by atoms with Crippen LogP contribution in [0.5, 0.6) is 0 Å². The van der Waals surface area contributed by atoms with Crippen molar-refractivity contribution in [2.45, 2.75) is 6.42 Å². The van der Waals surface area contributed by atoms with Crippen LogP contribution in [0.1, 0.15) is 11.3 Å². The highest BCUT2D eigenvalue weighted by molar-refractivity contribution is 7.17. The van der Waals surface area contributed by atoms with Crippen molar-refractivity contribution in [1.82, 2.24) is 4.90 Å². The van der Waals surface area contributed by atoms with Gasteiger partial charge in [0.2, 0.25) is 5.91 Å². The highest BCUT2D eigenvalue weighted by Crippen LogP contribution is 2.22. The number of carboxylic acid groups (broad SMARTS) is 1. The molecule has 6 heteroatoms. The Kier molecular flexibility index (Phi) is 5.18. The fraction of sp³-hybridized carbons (Fsp3) is 0.273. The van der Waals surface area contributed by atoms with E-state index in [2.05, 4.69) is 0 Å². The number of halogens is 1. The maximum absolute atomic E-state index is 11.6. The lowest BCUT2D eigenvalue weighted by Gasteiger charge is -2.12. The minimum atomic E-state index is -0.918. The summed E-state index contributed by atoms with van der Waals surface area (Å²) in [5, 5.41) is 8.49. The number of thiophene rings is 1. The molecular weight excluding hydrogens is 262 g/mol. The molecule has 0 unspecified atom stereocenters. The molecule has 0 aliphatic carbocycles. The summed E-state index contributed by atoms with van der Waals surface area (Å²) < 4.78 is 0.663. The summed E-state index contributed by atoms with van der Waals surface area (Å²) in [7, 11) is 1.57. The standard InChI is InChI=1S/C11H12ClNO3S/c1-13(7-6-11(15)16)10(14)5-3-8-2-4-9(12)17-8/h2-5H,6-7H2,1H3,(H,15,16). The van der Waals surface area contributed by atoms with Crippen LogP contribution in [-0.4, -0.2) is 35.5 Å². The molecule has 0 aromatic carbocycles. The molecule has 1 aromatic heterocycles. The van der Waals surface area contributed by atoms with Crippen molar-refractivity contribution < 1.29 is 14.7 Å². The van der Waals surface area contributed by atoms with Gasteiger partial charge in [-0.25, -0.2) is 0 Å². The van der Waals surface area contributed by atoms with E-state index in [1.165, 1.54) is 22.3 Å². The zero-order valence-electron chi connectivity index (χ0n) is 9.22. The third-order valence-corrected chi connectivity index (χ3v) is 3.22. The second-order valence-corrected chi connectivity index (χ2v) is 5.13. The Bertz CT molecular complexity index is 442. The number of carbonyl (C=O) groups is 2. The first-order valence-electron chi connectivity index (χ1n) is 4.89. The van der Waals surface area contributed by atoms with Crippen molar-refractivity contribution in [2.75, 3.05) is 13.6 Å². The van der Waals surface area contributed by atoms with E-state index in [0.717, 1.165) is 4.88 Å². The van der Waals surface area contributed by atoms with Gasteiger partial charge in [-0.3, -0.25) is 9.59 Å². The van der Waals surface area contributed by atoms with Crippen molar-refractivity contribution in [3.63, 3.8) is 0 Å². The van der Waals surface area contributed by atoms with E-state index in [1.807, 2.05) is 6.07 Å². The zero-order valence-corrected chi connectivity index (χ0v) is 10.8. The van der Waals surface area contributed by atoms with E-state index in [-0.39, 0.29) is 18.9 Å². The molecule has 0 aliphatic heterocycles. The van der Waals surface area contributed by atoms with Gasteiger partial charge in [-0.1, -0.05) is 11.6 Å². The van der Waals surface area contributed by atoms with Crippen LogP contribution in [0.2, 0.25) is 4.34 Å². The molecular formula is C11H12ClNO3S. The Labute approximate surface area is 108 Å². The fourth-order valence-corrected chi connectivity index (χ4v) is 2.04. The smallest absolute Gasteiger partial charge is 0.305 e. The minimum Gasteiger partial charge on any atom is -0.481 e. The number of carbonyl (C=O) groups excluding carboxylic acids is 1. The van der Waals surface area contributed by atoms with Crippen molar-refractivity contribution in [3.8, 4) is 0 Å². The van der Waals surface area contributed by atoms with Gasteiger partial charge in [0.25, 0.3) is 0 Å². The molecule has 1 aromatic rings. The summed E-state index contributed by atoms with van der Waals surface area (Å²) in [6.07, 6.45) is 3.01. The topological polar surface area (TPSA) is 57.6 Å². The van der Waals surface area contributed by atoms with E-state index >= 15 is 0 Å². The normalized spacial score (nSPS) is 10.7. The number of aliphatic carboxylic acids is 1. The molecule has 4 nitrogen and oxygen atoms in total. The Hall–Kier alpha value is -1.33. The van der Waals surface area contributed by atoms with Gasteiger partial charge < -0.3 is 10.0 Å². The number of likely N-dealkylation sites (N-methyl/N-ethyl adjacent to an activating group) is 1. The van der Waals surface area contributed by atoms with E-state index in [9.17, 15) is 9.59 Å². The maximum Gasteiger partial charge on any atom is 0.305 e. The zero-order chi connectivity index (χ0) is 12.8. The minimum absolute atomic E-state index is 0.0547. The average Bonchev–Trinajstić information content (AvgIpc) is 2.68. The number of carboxylic acids is 1. The van der Waals surface area contributed by atoms with E-state index in [0.29, 0.717) is 4.34 Å². The van der Waals surface area contributed by atoms with Gasteiger partial charge >= 0.3 is 5.97 Å². The van der Waals surface area contributed by atoms with Crippen LogP contribution < -0.4 is 0 Å². The van der Waals surface area contributed by atoms with Crippen molar-refractivity contribution in [1.29, 1.82) is 0 Å². The Morgan fingerprint density at radius 3 is 2.76 bits per heavy atom. The van der Waals surface area contributed by atoms with Gasteiger partial charge in [0.1, 0.15) is 0 Å². The molecule has 0 saturated carbocycles. The quantitative estimate of drug-likeness (QED) is 0.838. The summed E-state index contributed by atoms with van der Waals surface area (Å²) >= 11 is 7.12. The van der Waals surface area contributed by atoms with Gasteiger partial charge in [0, 0.05) is 24.5 Å². The molecule has 0 aliphatic rings. The van der Waals surface area contributed by atoms with Crippen LogP contribution in [0, 0.1) is 0 Å². The molecule has 1 amide bonds. The second-order valence-electron chi connectivity index (χ2n) is 3.38. The largest absolute Gasteiger partial charge is 0.481 e. The molecule has 17 heavy (non-hydrogen) atoms. The maximum atomic E-state index is 11.6. The van der Waals surface area contributed by atoms with E-state index in [4.69, 9.17) is 16.7 Å². The summed E-state index contributed by atoms with van der Waals surface area (Å²) in [6, 6.07) is 3.57. The number of amides is 1. The van der Waals surface area contributed by atoms with Crippen molar-refractivity contribution in [2.24, 2.45) is 0 Å². The Balaban J connectivity index is 2.48. The van der Waals surface area contributed by atoms with E-state index in [1.54, 1.807) is 19.2 Å². The van der Waals surface area contributed by atoms with Crippen molar-refractivity contribution >= 4 is 40.9 Å². The molecule has 0 saturated heterocycles. The van der Waals surface area contributed by atoms with Crippen LogP contribution in [0.15, 0.2) is 18.2 Å². The predicted molar refractivity (Wildman–Crippen MR) is 68.3 cm³/mol. The third-order valence-electron chi connectivity index (χ3n) is 2.02. The molecule has 1 heterocycles. The fourth-order valence-electron chi connectivity index (χ4n) is 1.07. The first kappa shape index (κ1) is 13.7. The van der Waals surface area contributed by atoms with E-state index < -0.39 is 5.97 Å². The number of nitrogens with zero attached hydrogens (tertiary/aromatic N) is 1. The van der Waals surface area contributed by atoms with Crippen LogP contribution in [0.4, 0.5) is 0 Å². The lowest BCUT2D eigenvalue weighted by atomic mass is 10.3. The van der Waals surface area contributed by atoms with Crippen LogP contribution >= 0.6 is 22.9 Å². The number of hydrogen-bond donors (Lipinski definition) is 1. The highest BCUT2D eigenvalue weighted by Gasteiger charge is 2.06. The van der Waals surface area contributed by atoms with Crippen LogP contribution in [0.25, 0.3) is 6.08 Å². The highest BCUT2D eigenvalue weighted by atomic mass is 35.5. The molecule has 0 radical (unpaired) electrons. The first-order chi connectivity index (χ1) is 7.99. The molecule has 1 rings (SSSR count). The molecule has 0 fully saturated rings. The third kappa shape index (κ3) is 5.01. The lowest BCUT2D eigenvalue weighted by Crippen LogP contribution is -2.27. The monoisotopic (exact) mass is 273 g/mol. The van der Waals surface area contributed by atoms with Gasteiger partial charge in [0.15, 0.2) is 0 Å². The van der Waals surface area contributed by atoms with Gasteiger partial charge in [0.05, 0.1) is 10.8 Å². The summed E-state index contributed by atoms with van der Waals surface area (Å²) in [6.45, 7) is 0.198. The van der Waals surface area contributed by atoms with Gasteiger partial charge in [-0.2, -0.15) is 0 Å². The summed E-state index contributed by atoms with van der Waals surface area (Å²) in [5.74, 6) is -1.14. The first-order valence-corrected chi connectivity index (χ1v) is 6.09. The lowest BCUT2D eigenvalue weighted by molar-refractivity contribution is -0.137. The van der Waals surface area contributed by atoms with Gasteiger partial charge in [-0.15, -0.1) is 11.3 Å². The van der Waals surface area contributed by atoms with Crippen molar-refractivity contribution in [3.05, 3.63) is 27.4 Å². The average molecular weight is 274 g/mol. The molecule has 0 spiro atoms. The Morgan fingerprint density at radius 1 is 1.53 bits per heavy atom. The summed E-state index contributed by atoms with van der Waals surface area (Å²) in [5.41, 5.74) is 0. The molecule has 0 bridgehead atoms. The summed E-state index contributed by atoms with van der Waals surface area (Å²) in [4.78, 5) is 24.1. The number of rotatable bonds is 5. The Morgan fingerprint density at radius 2 is 2.24 bits per heavy atom. The molecule has 0 atom stereocenters. The van der Waals surface area contributed by atoms with Crippen LogP contribution in [-0.2, 0) is 9.59 Å². The number of hydrogen-bond acceptors (Lipinski definition) is 3. The van der Waals surface area contributed by atoms with Crippen LogP contribution in [0.3, 0.4) is 0 Å². The SMILES string of the molecule is CN(CCC(=O)O)C(=O)C=Cc1ccc(Cl)s1.